The van der Waals surface area contributed by atoms with Gasteiger partial charge in [0.15, 0.2) is 5.82 Å². The number of aromatic nitrogens is 4. The van der Waals surface area contributed by atoms with E-state index in [9.17, 15) is 8.42 Å². The number of aryl methyl sites for hydroxylation is 1. The summed E-state index contributed by atoms with van der Waals surface area (Å²) in [6.45, 7) is 6.85. The quantitative estimate of drug-likeness (QED) is 0.430. The number of hydrogen-bond donors (Lipinski definition) is 2. The Labute approximate surface area is 181 Å². The maximum atomic E-state index is 12.7. The molecule has 0 spiro atoms. The molecular formula is C20H26N6O4S. The van der Waals surface area contributed by atoms with Crippen molar-refractivity contribution in [1.29, 1.82) is 0 Å². The van der Waals surface area contributed by atoms with Gasteiger partial charge in [-0.15, -0.1) is 10.2 Å². The fraction of sp³-hybridized carbons (Fsp3) is 0.350. The van der Waals surface area contributed by atoms with Gasteiger partial charge in [0.25, 0.3) is 0 Å². The third-order valence-electron chi connectivity index (χ3n) is 4.15. The molecule has 166 valence electrons. The Bertz CT molecular complexity index is 1100. The second-order valence-corrected chi connectivity index (χ2v) is 8.21. The zero-order chi connectivity index (χ0) is 22.3. The summed E-state index contributed by atoms with van der Waals surface area (Å²) >= 11 is 0. The van der Waals surface area contributed by atoms with E-state index in [0.29, 0.717) is 37.1 Å². The largest absolute Gasteiger partial charge is 0.494 e. The summed E-state index contributed by atoms with van der Waals surface area (Å²) in [6.07, 6.45) is 1.80. The molecule has 0 atom stereocenters. The molecule has 0 unspecified atom stereocenters. The number of sulfonamides is 1. The van der Waals surface area contributed by atoms with Crippen molar-refractivity contribution in [2.45, 2.75) is 25.7 Å². The highest BCUT2D eigenvalue weighted by Gasteiger charge is 2.20. The highest BCUT2D eigenvalue weighted by Crippen LogP contribution is 2.28. The van der Waals surface area contributed by atoms with E-state index in [1.807, 2.05) is 19.9 Å². The van der Waals surface area contributed by atoms with E-state index in [1.165, 1.54) is 6.07 Å². The summed E-state index contributed by atoms with van der Waals surface area (Å²) in [5.74, 6) is 1.93. The van der Waals surface area contributed by atoms with E-state index in [-0.39, 0.29) is 17.2 Å². The van der Waals surface area contributed by atoms with Gasteiger partial charge in [0.2, 0.25) is 10.0 Å². The Kier molecular flexibility index (Phi) is 7.42. The molecule has 0 fully saturated rings. The van der Waals surface area contributed by atoms with E-state index >= 15 is 0 Å². The summed E-state index contributed by atoms with van der Waals surface area (Å²) in [5.41, 5.74) is 0.885. The molecule has 11 heteroatoms. The van der Waals surface area contributed by atoms with Gasteiger partial charge in [-0.05, 0) is 51.1 Å². The van der Waals surface area contributed by atoms with Crippen LogP contribution in [0.4, 0.5) is 5.82 Å². The summed E-state index contributed by atoms with van der Waals surface area (Å²) in [7, 11) is -3.76. The van der Waals surface area contributed by atoms with E-state index in [0.717, 1.165) is 5.69 Å². The standard InChI is InChI=1S/C20H26N6O4S/c1-4-29-16-6-7-18(17(14-16)30-5-2)31(27,28)22-12-11-21-19-8-9-20(24-23-19)26-13-10-15(3)25-26/h6-10,13-14,22H,4-5,11-12H2,1-3H3,(H,21,23). The van der Waals surface area contributed by atoms with Gasteiger partial charge in [0.05, 0.1) is 18.9 Å². The van der Waals surface area contributed by atoms with E-state index in [2.05, 4.69) is 25.3 Å². The van der Waals surface area contributed by atoms with Crippen molar-refractivity contribution < 1.29 is 17.9 Å². The topological polar surface area (TPSA) is 120 Å². The molecule has 3 aromatic rings. The van der Waals surface area contributed by atoms with Gasteiger partial charge in [0.1, 0.15) is 22.2 Å². The minimum absolute atomic E-state index is 0.0662. The molecule has 2 heterocycles. The molecule has 0 aliphatic heterocycles. The predicted octanol–water partition coefficient (Wildman–Crippen LogP) is 2.16. The van der Waals surface area contributed by atoms with Gasteiger partial charge in [-0.3, -0.25) is 0 Å². The summed E-state index contributed by atoms with van der Waals surface area (Å²) < 4.78 is 40.5. The van der Waals surface area contributed by atoms with Gasteiger partial charge in [-0.2, -0.15) is 5.10 Å². The van der Waals surface area contributed by atoms with Crippen LogP contribution in [0.3, 0.4) is 0 Å². The number of anilines is 1. The van der Waals surface area contributed by atoms with Crippen LogP contribution in [-0.4, -0.2) is 54.7 Å². The van der Waals surface area contributed by atoms with Gasteiger partial charge in [-0.1, -0.05) is 0 Å². The van der Waals surface area contributed by atoms with Gasteiger partial charge < -0.3 is 14.8 Å². The first-order valence-electron chi connectivity index (χ1n) is 9.92. The molecule has 0 saturated carbocycles. The molecule has 0 amide bonds. The lowest BCUT2D eigenvalue weighted by molar-refractivity contribution is 0.317. The van der Waals surface area contributed by atoms with Crippen molar-refractivity contribution in [3.05, 3.63) is 48.3 Å². The van der Waals surface area contributed by atoms with Gasteiger partial charge in [-0.25, -0.2) is 17.8 Å². The second kappa shape index (κ2) is 10.2. The minimum atomic E-state index is -3.76. The summed E-state index contributed by atoms with van der Waals surface area (Å²) in [6, 6.07) is 10.1. The number of ether oxygens (including phenoxy) is 2. The maximum Gasteiger partial charge on any atom is 0.244 e. The number of nitrogens with one attached hydrogen (secondary N) is 2. The van der Waals surface area contributed by atoms with Crippen LogP contribution in [0, 0.1) is 6.92 Å². The van der Waals surface area contributed by atoms with Crippen molar-refractivity contribution in [3.63, 3.8) is 0 Å². The van der Waals surface area contributed by atoms with Crippen LogP contribution in [0.25, 0.3) is 5.82 Å². The first-order chi connectivity index (χ1) is 14.9. The highest BCUT2D eigenvalue weighted by molar-refractivity contribution is 7.89. The highest BCUT2D eigenvalue weighted by atomic mass is 32.2. The molecule has 0 bridgehead atoms. The average Bonchev–Trinajstić information content (AvgIpc) is 3.18. The van der Waals surface area contributed by atoms with Crippen LogP contribution in [0.15, 0.2) is 47.5 Å². The second-order valence-electron chi connectivity index (χ2n) is 6.48. The summed E-state index contributed by atoms with van der Waals surface area (Å²) in [5, 5.41) is 15.5. The first-order valence-corrected chi connectivity index (χ1v) is 11.4. The SMILES string of the molecule is CCOc1ccc(S(=O)(=O)NCCNc2ccc(-n3ccc(C)n3)nn2)c(OCC)c1. The van der Waals surface area contributed by atoms with Gasteiger partial charge in [0, 0.05) is 25.4 Å². The molecular weight excluding hydrogens is 420 g/mol. The van der Waals surface area contributed by atoms with Crippen molar-refractivity contribution in [3.8, 4) is 17.3 Å². The molecule has 0 aliphatic rings. The third-order valence-corrected chi connectivity index (χ3v) is 5.65. The number of benzene rings is 1. The Hall–Kier alpha value is -3.18. The smallest absolute Gasteiger partial charge is 0.244 e. The third kappa shape index (κ3) is 5.92. The van der Waals surface area contributed by atoms with Gasteiger partial charge >= 0.3 is 0 Å². The lowest BCUT2D eigenvalue weighted by Gasteiger charge is -2.14. The predicted molar refractivity (Wildman–Crippen MR) is 116 cm³/mol. The number of nitrogens with zero attached hydrogens (tertiary/aromatic N) is 4. The zero-order valence-corrected chi connectivity index (χ0v) is 18.5. The molecule has 1 aromatic carbocycles. The van der Waals surface area contributed by atoms with E-state index in [4.69, 9.17) is 9.47 Å². The molecule has 3 rings (SSSR count). The lowest BCUT2D eigenvalue weighted by atomic mass is 10.3. The molecule has 2 aromatic heterocycles. The Morgan fingerprint density at radius 3 is 2.45 bits per heavy atom. The molecule has 0 saturated heterocycles. The van der Waals surface area contributed by atoms with Crippen LogP contribution < -0.4 is 19.5 Å². The average molecular weight is 447 g/mol. The van der Waals surface area contributed by atoms with Crippen molar-refractivity contribution >= 4 is 15.8 Å². The molecule has 0 aliphatic carbocycles. The monoisotopic (exact) mass is 446 g/mol. The number of rotatable bonds is 11. The first kappa shape index (κ1) is 22.5. The molecule has 10 nitrogen and oxygen atoms in total. The van der Waals surface area contributed by atoms with E-state index < -0.39 is 10.0 Å². The lowest BCUT2D eigenvalue weighted by Crippen LogP contribution is -2.29. The Balaban J connectivity index is 1.57. The Morgan fingerprint density at radius 1 is 1.00 bits per heavy atom. The van der Waals surface area contributed by atoms with Crippen molar-refractivity contribution in [1.82, 2.24) is 24.7 Å². The van der Waals surface area contributed by atoms with Crippen LogP contribution >= 0.6 is 0 Å². The van der Waals surface area contributed by atoms with E-state index in [1.54, 1.807) is 42.1 Å². The fourth-order valence-electron chi connectivity index (χ4n) is 2.77. The molecule has 2 N–H and O–H groups in total. The van der Waals surface area contributed by atoms with Crippen molar-refractivity contribution in [2.24, 2.45) is 0 Å². The minimum Gasteiger partial charge on any atom is -0.494 e. The number of hydrogen-bond acceptors (Lipinski definition) is 8. The van der Waals surface area contributed by atoms with Crippen molar-refractivity contribution in [2.75, 3.05) is 31.6 Å². The molecule has 31 heavy (non-hydrogen) atoms. The van der Waals surface area contributed by atoms with Crippen LogP contribution in [0.2, 0.25) is 0 Å². The summed E-state index contributed by atoms with van der Waals surface area (Å²) in [4.78, 5) is 0.0662. The van der Waals surface area contributed by atoms with Crippen LogP contribution in [0.5, 0.6) is 11.5 Å². The van der Waals surface area contributed by atoms with Crippen LogP contribution in [-0.2, 0) is 10.0 Å². The zero-order valence-electron chi connectivity index (χ0n) is 17.7. The fourth-order valence-corrected chi connectivity index (χ4v) is 3.93. The molecule has 0 radical (unpaired) electrons. The van der Waals surface area contributed by atoms with Crippen LogP contribution in [0.1, 0.15) is 19.5 Å². The maximum absolute atomic E-state index is 12.7. The normalized spacial score (nSPS) is 11.3. The Morgan fingerprint density at radius 2 is 1.81 bits per heavy atom.